The van der Waals surface area contributed by atoms with Crippen molar-refractivity contribution in [3.63, 3.8) is 0 Å². The van der Waals surface area contributed by atoms with E-state index in [0.29, 0.717) is 30.9 Å². The van der Waals surface area contributed by atoms with Crippen LogP contribution in [0.1, 0.15) is 34.3 Å². The summed E-state index contributed by atoms with van der Waals surface area (Å²) in [7, 11) is 0. The summed E-state index contributed by atoms with van der Waals surface area (Å²) in [6, 6.07) is 23.1. The average Bonchev–Trinajstić information content (AvgIpc) is 3.59. The van der Waals surface area contributed by atoms with E-state index in [9.17, 15) is 9.59 Å². The number of amides is 2. The van der Waals surface area contributed by atoms with Gasteiger partial charge in [-0.1, -0.05) is 48.5 Å². The molecular formula is C27H26ClN3O4. The molecule has 2 aliphatic heterocycles. The zero-order valence-electron chi connectivity index (χ0n) is 19.0. The maximum absolute atomic E-state index is 13.8. The van der Waals surface area contributed by atoms with Gasteiger partial charge in [0.15, 0.2) is 6.10 Å². The van der Waals surface area contributed by atoms with Gasteiger partial charge in [0, 0.05) is 29.8 Å². The van der Waals surface area contributed by atoms with Crippen LogP contribution in [0.25, 0.3) is 0 Å². The Morgan fingerprint density at radius 1 is 1.00 bits per heavy atom. The molecule has 180 valence electrons. The maximum atomic E-state index is 13.8. The number of nitrogens with zero attached hydrogens (tertiary/aromatic N) is 2. The molecule has 1 spiro atoms. The van der Waals surface area contributed by atoms with Gasteiger partial charge in [0.25, 0.3) is 11.8 Å². The summed E-state index contributed by atoms with van der Waals surface area (Å²) < 4.78 is 6.22. The fraction of sp³-hybridized carbons (Fsp3) is 0.259. The number of hydroxylamine groups is 1. The number of ether oxygens (including phenoxy) is 1. The third-order valence-electron chi connectivity index (χ3n) is 7.16. The quantitative estimate of drug-likeness (QED) is 0.424. The van der Waals surface area contributed by atoms with E-state index in [0.717, 1.165) is 29.8 Å². The van der Waals surface area contributed by atoms with E-state index < -0.39 is 12.0 Å². The van der Waals surface area contributed by atoms with Crippen molar-refractivity contribution in [2.24, 2.45) is 0 Å². The number of rotatable bonds is 4. The SMILES string of the molecule is Cl.O=C(NO)c1ccc2c(c1)N(Cc1ccccc1)CC(C(=O)N1CC3(CC3)c3ccccc31)O2. The van der Waals surface area contributed by atoms with E-state index in [1.165, 1.54) is 5.56 Å². The number of anilines is 2. The van der Waals surface area contributed by atoms with Gasteiger partial charge in [-0.05, 0) is 48.2 Å². The van der Waals surface area contributed by atoms with Gasteiger partial charge in [-0.3, -0.25) is 14.8 Å². The number of fused-ring (bicyclic) bond motifs is 3. The van der Waals surface area contributed by atoms with Crippen LogP contribution in [0.5, 0.6) is 5.75 Å². The summed E-state index contributed by atoms with van der Waals surface area (Å²) in [5, 5.41) is 9.06. The highest BCUT2D eigenvalue weighted by Crippen LogP contribution is 2.56. The van der Waals surface area contributed by atoms with Crippen LogP contribution in [0.15, 0.2) is 72.8 Å². The van der Waals surface area contributed by atoms with Crippen molar-refractivity contribution < 1.29 is 19.5 Å². The number of halogens is 1. The molecule has 0 saturated heterocycles. The third-order valence-corrected chi connectivity index (χ3v) is 7.16. The largest absolute Gasteiger partial charge is 0.477 e. The molecule has 3 aromatic carbocycles. The molecule has 8 heteroatoms. The second-order valence-corrected chi connectivity index (χ2v) is 9.32. The van der Waals surface area contributed by atoms with Crippen LogP contribution >= 0.6 is 12.4 Å². The van der Waals surface area contributed by atoms with Crippen molar-refractivity contribution in [1.82, 2.24) is 5.48 Å². The molecule has 3 aromatic rings. The van der Waals surface area contributed by atoms with Crippen LogP contribution in [0.2, 0.25) is 0 Å². The van der Waals surface area contributed by atoms with Gasteiger partial charge in [0.1, 0.15) is 5.75 Å². The summed E-state index contributed by atoms with van der Waals surface area (Å²) in [5.74, 6) is -0.0928. The van der Waals surface area contributed by atoms with Gasteiger partial charge in [-0.25, -0.2) is 5.48 Å². The lowest BCUT2D eigenvalue weighted by Crippen LogP contribution is -2.50. The Balaban J connectivity index is 0.00000253. The van der Waals surface area contributed by atoms with E-state index in [1.54, 1.807) is 23.7 Å². The number of benzene rings is 3. The number of carbonyl (C=O) groups is 2. The summed E-state index contributed by atoms with van der Waals surface area (Å²) in [6.07, 6.45) is 1.55. The first-order valence-electron chi connectivity index (χ1n) is 11.5. The van der Waals surface area contributed by atoms with Gasteiger partial charge in [0.05, 0.1) is 12.2 Å². The molecule has 6 rings (SSSR count). The predicted octanol–water partition coefficient (Wildman–Crippen LogP) is 4.07. The molecular weight excluding hydrogens is 466 g/mol. The van der Waals surface area contributed by atoms with Crippen molar-refractivity contribution in [2.45, 2.75) is 30.9 Å². The van der Waals surface area contributed by atoms with Crippen LogP contribution in [0, 0.1) is 0 Å². The molecule has 0 radical (unpaired) electrons. The highest BCUT2D eigenvalue weighted by molar-refractivity contribution is 6.01. The summed E-state index contributed by atoms with van der Waals surface area (Å²) in [6.45, 7) is 1.62. The van der Waals surface area contributed by atoms with Crippen molar-refractivity contribution in [3.8, 4) is 5.75 Å². The minimum atomic E-state index is -0.671. The maximum Gasteiger partial charge on any atom is 0.274 e. The fourth-order valence-electron chi connectivity index (χ4n) is 5.22. The Morgan fingerprint density at radius 2 is 1.74 bits per heavy atom. The molecule has 1 saturated carbocycles. The van der Waals surface area contributed by atoms with Gasteiger partial charge < -0.3 is 14.5 Å². The molecule has 1 atom stereocenters. The minimum absolute atomic E-state index is 0. The second-order valence-electron chi connectivity index (χ2n) is 9.32. The Labute approximate surface area is 209 Å². The standard InChI is InChI=1S/C27H25N3O4.ClH/c31-25(28-33)19-10-11-23-22(14-19)29(15-18-6-2-1-3-7-18)16-24(34-23)26(32)30-17-27(12-13-27)20-8-4-5-9-21(20)30;/h1-11,14,24,33H,12-13,15-17H2,(H,28,31);1H. The number of nitrogens with one attached hydrogen (secondary N) is 1. The Morgan fingerprint density at radius 3 is 2.49 bits per heavy atom. The zero-order valence-corrected chi connectivity index (χ0v) is 19.8. The molecule has 2 amide bonds. The van der Waals surface area contributed by atoms with E-state index in [2.05, 4.69) is 11.0 Å². The predicted molar refractivity (Wildman–Crippen MR) is 135 cm³/mol. The van der Waals surface area contributed by atoms with Crippen molar-refractivity contribution in [2.75, 3.05) is 22.9 Å². The summed E-state index contributed by atoms with van der Waals surface area (Å²) >= 11 is 0. The first kappa shape index (κ1) is 23.2. The number of hydrogen-bond acceptors (Lipinski definition) is 5. The lowest BCUT2D eigenvalue weighted by atomic mass is 9.99. The van der Waals surface area contributed by atoms with Crippen LogP contribution in [0.3, 0.4) is 0 Å². The number of carbonyl (C=O) groups excluding carboxylic acids is 2. The summed E-state index contributed by atoms with van der Waals surface area (Å²) in [4.78, 5) is 29.8. The Hall–Kier alpha value is -3.55. The van der Waals surface area contributed by atoms with E-state index >= 15 is 0 Å². The molecule has 3 aliphatic rings. The smallest absolute Gasteiger partial charge is 0.274 e. The molecule has 35 heavy (non-hydrogen) atoms. The van der Waals surface area contributed by atoms with Crippen LogP contribution in [-0.2, 0) is 16.8 Å². The second kappa shape index (κ2) is 8.91. The first-order valence-corrected chi connectivity index (χ1v) is 11.5. The molecule has 7 nitrogen and oxygen atoms in total. The molecule has 2 N–H and O–H groups in total. The van der Waals surface area contributed by atoms with Crippen LogP contribution < -0.4 is 20.0 Å². The Kier molecular flexibility index (Phi) is 5.91. The lowest BCUT2D eigenvalue weighted by Gasteiger charge is -2.37. The van der Waals surface area contributed by atoms with Crippen molar-refractivity contribution >= 4 is 35.6 Å². The molecule has 1 fully saturated rings. The average molecular weight is 492 g/mol. The third kappa shape index (κ3) is 4.00. The highest BCUT2D eigenvalue weighted by Gasteiger charge is 2.53. The fourth-order valence-corrected chi connectivity index (χ4v) is 5.22. The normalized spacial score (nSPS) is 18.7. The molecule has 1 unspecified atom stereocenters. The molecule has 1 aliphatic carbocycles. The lowest BCUT2D eigenvalue weighted by molar-refractivity contribution is -0.125. The van der Waals surface area contributed by atoms with Crippen LogP contribution in [0.4, 0.5) is 11.4 Å². The van der Waals surface area contributed by atoms with Gasteiger partial charge in [-0.2, -0.15) is 0 Å². The monoisotopic (exact) mass is 491 g/mol. The van der Waals surface area contributed by atoms with E-state index in [-0.39, 0.29) is 23.7 Å². The topological polar surface area (TPSA) is 82.1 Å². The molecule has 0 aromatic heterocycles. The molecule has 2 heterocycles. The van der Waals surface area contributed by atoms with Gasteiger partial charge in [-0.15, -0.1) is 12.4 Å². The van der Waals surface area contributed by atoms with E-state index in [1.807, 2.05) is 53.4 Å². The van der Waals surface area contributed by atoms with Crippen molar-refractivity contribution in [1.29, 1.82) is 0 Å². The Bertz CT molecular complexity index is 1280. The highest BCUT2D eigenvalue weighted by atomic mass is 35.5. The first-order chi connectivity index (χ1) is 16.6. The van der Waals surface area contributed by atoms with Gasteiger partial charge in [0.2, 0.25) is 0 Å². The van der Waals surface area contributed by atoms with Crippen molar-refractivity contribution in [3.05, 3.63) is 89.5 Å². The van der Waals surface area contributed by atoms with Crippen LogP contribution in [-0.4, -0.2) is 36.2 Å². The summed E-state index contributed by atoms with van der Waals surface area (Å²) in [5.41, 5.74) is 6.16. The number of para-hydroxylation sites is 1. The molecule has 0 bridgehead atoms. The van der Waals surface area contributed by atoms with Gasteiger partial charge >= 0.3 is 0 Å². The van der Waals surface area contributed by atoms with E-state index in [4.69, 9.17) is 9.94 Å². The zero-order chi connectivity index (χ0) is 23.3. The number of hydrogen-bond donors (Lipinski definition) is 2. The minimum Gasteiger partial charge on any atom is -0.477 e.